The minimum Gasteiger partial charge on any atom is -0.364 e. The van der Waals surface area contributed by atoms with E-state index in [1.807, 2.05) is 18.2 Å². The van der Waals surface area contributed by atoms with Crippen LogP contribution in [0.2, 0.25) is 0 Å². The summed E-state index contributed by atoms with van der Waals surface area (Å²) in [6.45, 7) is 14.5. The van der Waals surface area contributed by atoms with E-state index in [0.717, 1.165) is 82.3 Å². The Morgan fingerprint density at radius 2 is 1.61 bits per heavy atom. The quantitative estimate of drug-likeness (QED) is 0.198. The molecule has 1 aromatic carbocycles. The van der Waals surface area contributed by atoms with Crippen LogP contribution >= 0.6 is 0 Å². The Bertz CT molecular complexity index is 905. The fourth-order valence-corrected chi connectivity index (χ4v) is 4.15. The summed E-state index contributed by atoms with van der Waals surface area (Å²) in [6, 6.07) is 6.30. The van der Waals surface area contributed by atoms with Gasteiger partial charge in [0.15, 0.2) is 0 Å². The summed E-state index contributed by atoms with van der Waals surface area (Å²) in [5.41, 5.74) is 14.6. The average molecular weight is 452 g/mol. The highest BCUT2D eigenvalue weighted by Crippen LogP contribution is 2.36. The van der Waals surface area contributed by atoms with Crippen LogP contribution in [0.25, 0.3) is 0 Å². The Labute approximate surface area is 197 Å². The first kappa shape index (κ1) is 24.7. The molecule has 0 spiro atoms. The Balaban J connectivity index is 1.87. The molecule has 1 aromatic heterocycles. The van der Waals surface area contributed by atoms with Gasteiger partial charge < -0.3 is 21.3 Å². The van der Waals surface area contributed by atoms with Gasteiger partial charge in [-0.05, 0) is 57.0 Å². The van der Waals surface area contributed by atoms with Crippen LogP contribution in [-0.2, 0) is 13.1 Å². The van der Waals surface area contributed by atoms with Crippen LogP contribution in [0.3, 0.4) is 0 Å². The Hall–Kier alpha value is -2.97. The minimum atomic E-state index is 0.702. The van der Waals surface area contributed by atoms with E-state index in [4.69, 9.17) is 11.5 Å². The number of nitrogens with zero attached hydrogens (tertiary/aromatic N) is 6. The van der Waals surface area contributed by atoms with Gasteiger partial charge in [0.25, 0.3) is 0 Å². The van der Waals surface area contributed by atoms with Crippen LogP contribution in [0.1, 0.15) is 25.7 Å². The zero-order valence-corrected chi connectivity index (χ0v) is 19.8. The van der Waals surface area contributed by atoms with E-state index in [1.54, 1.807) is 0 Å². The second kappa shape index (κ2) is 12.9. The fraction of sp³-hybridized carbons (Fsp3) is 0.480. The van der Waals surface area contributed by atoms with Crippen molar-refractivity contribution in [2.45, 2.75) is 38.8 Å². The number of anilines is 2. The molecule has 3 rings (SSSR count). The molecule has 8 nitrogen and oxygen atoms in total. The van der Waals surface area contributed by atoms with Gasteiger partial charge >= 0.3 is 5.95 Å². The number of aryl methyl sites for hydroxylation is 2. The standard InChI is InChI=1S/C25H39N8/c1-3-13-30-17-18-31(14-4-2)24-21-22(9-10-23(24)30)28-29-25-32(15-7-5-11-26)19-20-33(25)16-8-6-12-27/h3-4,9-10,19-21H,1-2,5-8,11-18,26-27H2/q+1. The molecule has 1 aliphatic rings. The lowest BCUT2D eigenvalue weighted by Gasteiger charge is -2.38. The van der Waals surface area contributed by atoms with E-state index in [-0.39, 0.29) is 0 Å². The van der Waals surface area contributed by atoms with Gasteiger partial charge in [-0.2, -0.15) is 0 Å². The van der Waals surface area contributed by atoms with Gasteiger partial charge in [-0.15, -0.1) is 13.2 Å². The maximum Gasteiger partial charge on any atom is 0.421 e. The summed E-state index contributed by atoms with van der Waals surface area (Å²) in [5.74, 6) is 0.859. The predicted octanol–water partition coefficient (Wildman–Crippen LogP) is 3.67. The summed E-state index contributed by atoms with van der Waals surface area (Å²) in [4.78, 5) is 4.68. The molecule has 33 heavy (non-hydrogen) atoms. The maximum atomic E-state index is 5.68. The summed E-state index contributed by atoms with van der Waals surface area (Å²) >= 11 is 0. The van der Waals surface area contributed by atoms with Gasteiger partial charge in [0, 0.05) is 31.3 Å². The molecule has 0 bridgehead atoms. The number of nitrogens with two attached hydrogens (primary N) is 2. The van der Waals surface area contributed by atoms with Crippen molar-refractivity contribution < 1.29 is 4.57 Å². The molecule has 0 radical (unpaired) electrons. The van der Waals surface area contributed by atoms with Crippen molar-refractivity contribution in [2.24, 2.45) is 21.7 Å². The van der Waals surface area contributed by atoms with Crippen molar-refractivity contribution in [3.8, 4) is 0 Å². The zero-order chi connectivity index (χ0) is 23.5. The maximum absolute atomic E-state index is 5.68. The lowest BCUT2D eigenvalue weighted by atomic mass is 10.1. The second-order valence-corrected chi connectivity index (χ2v) is 8.32. The van der Waals surface area contributed by atoms with E-state index >= 15 is 0 Å². The SMILES string of the molecule is C=CCN1CCN(CC=C)c2cc(N=Nc3n(CCCCN)cc[n+]3CCCCN)ccc21. The van der Waals surface area contributed by atoms with Crippen LogP contribution in [0, 0.1) is 0 Å². The van der Waals surface area contributed by atoms with Crippen molar-refractivity contribution in [1.29, 1.82) is 0 Å². The topological polar surface area (TPSA) is 92.0 Å². The fourth-order valence-electron chi connectivity index (χ4n) is 4.15. The molecule has 0 saturated heterocycles. The Morgan fingerprint density at radius 1 is 0.909 bits per heavy atom. The van der Waals surface area contributed by atoms with E-state index in [9.17, 15) is 0 Å². The molecule has 1 aliphatic heterocycles. The average Bonchev–Trinajstić information content (AvgIpc) is 3.21. The van der Waals surface area contributed by atoms with Gasteiger partial charge in [0.1, 0.15) is 5.69 Å². The molecule has 4 N–H and O–H groups in total. The lowest BCUT2D eigenvalue weighted by Crippen LogP contribution is -2.41. The first-order valence-electron chi connectivity index (χ1n) is 12.0. The largest absolute Gasteiger partial charge is 0.421 e. The molecule has 0 saturated carbocycles. The van der Waals surface area contributed by atoms with Gasteiger partial charge in [-0.1, -0.05) is 17.3 Å². The first-order chi connectivity index (χ1) is 16.2. The van der Waals surface area contributed by atoms with Crippen molar-refractivity contribution in [3.63, 3.8) is 0 Å². The van der Waals surface area contributed by atoms with E-state index < -0.39 is 0 Å². The van der Waals surface area contributed by atoms with E-state index in [2.05, 4.69) is 66.8 Å². The number of hydrogen-bond acceptors (Lipinski definition) is 6. The van der Waals surface area contributed by atoms with Gasteiger partial charge in [-0.25, -0.2) is 9.13 Å². The molecule has 8 heteroatoms. The van der Waals surface area contributed by atoms with E-state index in [1.165, 1.54) is 5.69 Å². The number of unbranched alkanes of at least 4 members (excludes halogenated alkanes) is 2. The number of fused-ring (bicyclic) bond motifs is 1. The lowest BCUT2D eigenvalue weighted by molar-refractivity contribution is -0.684. The number of aromatic nitrogens is 2. The van der Waals surface area contributed by atoms with Crippen LogP contribution in [0.4, 0.5) is 23.0 Å². The van der Waals surface area contributed by atoms with Crippen LogP contribution in [-0.4, -0.2) is 43.8 Å². The number of rotatable bonds is 14. The van der Waals surface area contributed by atoms with Gasteiger partial charge in [0.2, 0.25) is 0 Å². The number of hydrogen-bond donors (Lipinski definition) is 2. The number of azo groups is 1. The van der Waals surface area contributed by atoms with E-state index in [0.29, 0.717) is 13.1 Å². The number of benzene rings is 1. The number of imidazole rings is 1. The highest BCUT2D eigenvalue weighted by molar-refractivity contribution is 5.77. The molecule has 0 fully saturated rings. The highest BCUT2D eigenvalue weighted by Gasteiger charge is 2.22. The first-order valence-corrected chi connectivity index (χ1v) is 12.0. The zero-order valence-electron chi connectivity index (χ0n) is 19.8. The highest BCUT2D eigenvalue weighted by atomic mass is 15.3. The third-order valence-corrected chi connectivity index (χ3v) is 5.88. The summed E-state index contributed by atoms with van der Waals surface area (Å²) < 4.78 is 4.33. The van der Waals surface area contributed by atoms with Crippen LogP contribution in [0.15, 0.2) is 66.1 Å². The molecule has 2 aromatic rings. The molecule has 0 amide bonds. The summed E-state index contributed by atoms with van der Waals surface area (Å²) in [7, 11) is 0. The third kappa shape index (κ3) is 6.52. The molecule has 0 atom stereocenters. The molecule has 178 valence electrons. The van der Waals surface area contributed by atoms with Gasteiger partial charge in [-0.3, -0.25) is 0 Å². The summed E-state index contributed by atoms with van der Waals surface area (Å²) in [5, 5.41) is 9.33. The normalized spacial score (nSPS) is 13.5. The van der Waals surface area contributed by atoms with Gasteiger partial charge in [0.05, 0.1) is 36.9 Å². The van der Waals surface area contributed by atoms with Crippen molar-refractivity contribution in [3.05, 3.63) is 55.9 Å². The summed E-state index contributed by atoms with van der Waals surface area (Å²) in [6.07, 6.45) is 12.1. The molecular weight excluding hydrogens is 412 g/mol. The Morgan fingerprint density at radius 3 is 2.30 bits per heavy atom. The predicted molar refractivity (Wildman–Crippen MR) is 137 cm³/mol. The Kier molecular flexibility index (Phi) is 9.65. The van der Waals surface area contributed by atoms with Crippen LogP contribution in [0.5, 0.6) is 0 Å². The van der Waals surface area contributed by atoms with Crippen LogP contribution < -0.4 is 25.8 Å². The van der Waals surface area contributed by atoms with Crippen molar-refractivity contribution in [2.75, 3.05) is 49.1 Å². The third-order valence-electron chi connectivity index (χ3n) is 5.88. The second-order valence-electron chi connectivity index (χ2n) is 8.32. The van der Waals surface area contributed by atoms with Crippen molar-refractivity contribution in [1.82, 2.24) is 4.57 Å². The molecular formula is C25H39N8+. The molecule has 0 unspecified atom stereocenters. The monoisotopic (exact) mass is 451 g/mol. The van der Waals surface area contributed by atoms with Crippen molar-refractivity contribution >= 4 is 23.0 Å². The molecule has 2 heterocycles. The smallest absolute Gasteiger partial charge is 0.364 e. The molecule has 0 aliphatic carbocycles. The minimum absolute atomic E-state index is 0.702.